The summed E-state index contributed by atoms with van der Waals surface area (Å²) in [5, 5.41) is 3.55. The van der Waals surface area contributed by atoms with Crippen LogP contribution in [-0.4, -0.2) is 12.6 Å². The van der Waals surface area contributed by atoms with Crippen molar-refractivity contribution in [2.24, 2.45) is 0 Å². The molecule has 1 N–H and O–H groups in total. The average molecular weight is 229 g/mol. The molecule has 92 valence electrons. The summed E-state index contributed by atoms with van der Waals surface area (Å²) in [6, 6.07) is 9.17. The van der Waals surface area contributed by atoms with E-state index in [4.69, 9.17) is 6.42 Å². The zero-order chi connectivity index (χ0) is 12.5. The Morgan fingerprint density at radius 3 is 2.76 bits per heavy atom. The first-order chi connectivity index (χ1) is 8.27. The van der Waals surface area contributed by atoms with Crippen molar-refractivity contribution in [3.63, 3.8) is 0 Å². The topological polar surface area (TPSA) is 12.0 Å². The first-order valence-electron chi connectivity index (χ1n) is 6.49. The molecule has 0 spiro atoms. The Labute approximate surface area is 106 Å². The summed E-state index contributed by atoms with van der Waals surface area (Å²) in [7, 11) is 0. The SMILES string of the molecule is C#CCCCC(Cc1ccccc1C)NCC. The predicted molar refractivity (Wildman–Crippen MR) is 75.0 cm³/mol. The van der Waals surface area contributed by atoms with Crippen LogP contribution in [0.15, 0.2) is 24.3 Å². The van der Waals surface area contributed by atoms with Crippen LogP contribution in [0.1, 0.15) is 37.3 Å². The molecule has 1 atom stereocenters. The van der Waals surface area contributed by atoms with E-state index in [2.05, 4.69) is 49.4 Å². The normalized spacial score (nSPS) is 12.1. The van der Waals surface area contributed by atoms with Gasteiger partial charge in [-0.25, -0.2) is 0 Å². The molecule has 0 saturated heterocycles. The van der Waals surface area contributed by atoms with Gasteiger partial charge in [0.15, 0.2) is 0 Å². The molecular formula is C16H23N. The van der Waals surface area contributed by atoms with Gasteiger partial charge in [0.25, 0.3) is 0 Å². The van der Waals surface area contributed by atoms with E-state index in [9.17, 15) is 0 Å². The minimum Gasteiger partial charge on any atom is -0.314 e. The number of hydrogen-bond donors (Lipinski definition) is 1. The maximum absolute atomic E-state index is 5.29. The molecule has 1 unspecified atom stereocenters. The van der Waals surface area contributed by atoms with E-state index in [0.29, 0.717) is 6.04 Å². The van der Waals surface area contributed by atoms with Crippen molar-refractivity contribution in [3.8, 4) is 12.3 Å². The Morgan fingerprint density at radius 1 is 1.35 bits per heavy atom. The van der Waals surface area contributed by atoms with Gasteiger partial charge in [-0.15, -0.1) is 12.3 Å². The fraction of sp³-hybridized carbons (Fsp3) is 0.500. The van der Waals surface area contributed by atoms with Gasteiger partial charge in [-0.3, -0.25) is 0 Å². The number of rotatable bonds is 7. The van der Waals surface area contributed by atoms with Crippen molar-refractivity contribution in [2.75, 3.05) is 6.54 Å². The van der Waals surface area contributed by atoms with Crippen molar-refractivity contribution in [1.29, 1.82) is 0 Å². The number of terminal acetylenes is 1. The predicted octanol–water partition coefficient (Wildman–Crippen LogP) is 3.32. The molecule has 0 bridgehead atoms. The average Bonchev–Trinajstić information content (AvgIpc) is 2.32. The molecule has 0 fully saturated rings. The van der Waals surface area contributed by atoms with Crippen LogP contribution in [0.4, 0.5) is 0 Å². The monoisotopic (exact) mass is 229 g/mol. The lowest BCUT2D eigenvalue weighted by Crippen LogP contribution is -2.31. The maximum atomic E-state index is 5.29. The quantitative estimate of drug-likeness (QED) is 0.558. The lowest BCUT2D eigenvalue weighted by atomic mass is 9.98. The largest absolute Gasteiger partial charge is 0.314 e. The third-order valence-electron chi connectivity index (χ3n) is 3.09. The van der Waals surface area contributed by atoms with Crippen molar-refractivity contribution in [1.82, 2.24) is 5.32 Å². The van der Waals surface area contributed by atoms with Crippen molar-refractivity contribution in [3.05, 3.63) is 35.4 Å². The van der Waals surface area contributed by atoms with Crippen molar-refractivity contribution < 1.29 is 0 Å². The summed E-state index contributed by atoms with van der Waals surface area (Å²) in [6.07, 6.45) is 9.55. The number of nitrogens with one attached hydrogen (secondary N) is 1. The molecule has 0 aliphatic carbocycles. The number of unbranched alkanes of at least 4 members (excludes halogenated alkanes) is 1. The fourth-order valence-electron chi connectivity index (χ4n) is 2.12. The van der Waals surface area contributed by atoms with E-state index in [-0.39, 0.29) is 0 Å². The minimum absolute atomic E-state index is 0.550. The molecule has 0 radical (unpaired) electrons. The van der Waals surface area contributed by atoms with Crippen molar-refractivity contribution in [2.45, 2.75) is 45.6 Å². The Bertz CT molecular complexity index is 362. The molecule has 0 aliphatic heterocycles. The van der Waals surface area contributed by atoms with Crippen LogP contribution in [0.5, 0.6) is 0 Å². The van der Waals surface area contributed by atoms with Gasteiger partial charge < -0.3 is 5.32 Å². The fourth-order valence-corrected chi connectivity index (χ4v) is 2.12. The van der Waals surface area contributed by atoms with E-state index in [1.54, 1.807) is 0 Å². The Balaban J connectivity index is 2.54. The standard InChI is InChI=1S/C16H23N/c1-4-6-7-12-16(17-5-2)13-15-11-9-8-10-14(15)3/h1,8-11,16-17H,5-7,12-13H2,2-3H3. The van der Waals surface area contributed by atoms with Gasteiger partial charge in [0.05, 0.1) is 0 Å². The van der Waals surface area contributed by atoms with E-state index < -0.39 is 0 Å². The third kappa shape index (κ3) is 5.06. The second kappa shape index (κ2) is 7.92. The molecule has 0 saturated carbocycles. The van der Waals surface area contributed by atoms with Crippen LogP contribution in [0.25, 0.3) is 0 Å². The lowest BCUT2D eigenvalue weighted by molar-refractivity contribution is 0.479. The second-order valence-corrected chi connectivity index (χ2v) is 4.48. The van der Waals surface area contributed by atoms with Gasteiger partial charge in [-0.2, -0.15) is 0 Å². The first-order valence-corrected chi connectivity index (χ1v) is 6.49. The maximum Gasteiger partial charge on any atom is 0.0108 e. The van der Waals surface area contributed by atoms with Gasteiger partial charge >= 0.3 is 0 Å². The molecule has 1 nitrogen and oxygen atoms in total. The van der Waals surface area contributed by atoms with Gasteiger partial charge in [0.2, 0.25) is 0 Å². The number of aryl methyl sites for hydroxylation is 1. The highest BCUT2D eigenvalue weighted by Gasteiger charge is 2.09. The number of hydrogen-bond acceptors (Lipinski definition) is 1. The Kier molecular flexibility index (Phi) is 6.43. The van der Waals surface area contributed by atoms with Gasteiger partial charge in [0.1, 0.15) is 0 Å². The molecule has 0 aromatic heterocycles. The molecule has 1 aromatic rings. The second-order valence-electron chi connectivity index (χ2n) is 4.48. The summed E-state index contributed by atoms with van der Waals surface area (Å²) < 4.78 is 0. The Morgan fingerprint density at radius 2 is 2.12 bits per heavy atom. The van der Waals surface area contributed by atoms with E-state index >= 15 is 0 Å². The van der Waals surface area contributed by atoms with Crippen LogP contribution in [0, 0.1) is 19.3 Å². The van der Waals surface area contributed by atoms with Gasteiger partial charge in [-0.1, -0.05) is 31.2 Å². The Hall–Kier alpha value is -1.26. The summed E-state index contributed by atoms with van der Waals surface area (Å²) in [4.78, 5) is 0. The summed E-state index contributed by atoms with van der Waals surface area (Å²) in [5.41, 5.74) is 2.83. The zero-order valence-corrected chi connectivity index (χ0v) is 11.0. The summed E-state index contributed by atoms with van der Waals surface area (Å²) >= 11 is 0. The molecule has 0 aliphatic rings. The summed E-state index contributed by atoms with van der Waals surface area (Å²) in [5.74, 6) is 2.71. The van der Waals surface area contributed by atoms with Crippen LogP contribution >= 0.6 is 0 Å². The molecule has 1 heteroatoms. The molecule has 17 heavy (non-hydrogen) atoms. The van der Waals surface area contributed by atoms with Crippen LogP contribution in [0.3, 0.4) is 0 Å². The highest BCUT2D eigenvalue weighted by molar-refractivity contribution is 5.26. The molecule has 1 aromatic carbocycles. The van der Waals surface area contributed by atoms with Crippen molar-refractivity contribution >= 4 is 0 Å². The summed E-state index contributed by atoms with van der Waals surface area (Å²) in [6.45, 7) is 5.36. The molecule has 0 amide bonds. The number of benzene rings is 1. The van der Waals surface area contributed by atoms with Gasteiger partial charge in [0, 0.05) is 12.5 Å². The highest BCUT2D eigenvalue weighted by atomic mass is 14.9. The number of likely N-dealkylation sites (N-methyl/N-ethyl adjacent to an activating group) is 1. The highest BCUT2D eigenvalue weighted by Crippen LogP contribution is 2.12. The molecule has 0 heterocycles. The van der Waals surface area contributed by atoms with Crippen LogP contribution in [-0.2, 0) is 6.42 Å². The van der Waals surface area contributed by atoms with E-state index in [1.807, 2.05) is 0 Å². The minimum atomic E-state index is 0.550. The third-order valence-corrected chi connectivity index (χ3v) is 3.09. The van der Waals surface area contributed by atoms with Crippen LogP contribution < -0.4 is 5.32 Å². The lowest BCUT2D eigenvalue weighted by Gasteiger charge is -2.18. The van der Waals surface area contributed by atoms with Crippen LogP contribution in [0.2, 0.25) is 0 Å². The van der Waals surface area contributed by atoms with E-state index in [0.717, 1.165) is 32.2 Å². The molecule has 1 rings (SSSR count). The molecular weight excluding hydrogens is 206 g/mol. The zero-order valence-electron chi connectivity index (χ0n) is 11.0. The smallest absolute Gasteiger partial charge is 0.0108 e. The van der Waals surface area contributed by atoms with Gasteiger partial charge in [-0.05, 0) is 43.9 Å². The van der Waals surface area contributed by atoms with E-state index in [1.165, 1.54) is 11.1 Å². The first kappa shape index (κ1) is 13.8.